The van der Waals surface area contributed by atoms with Crippen LogP contribution in [0.15, 0.2) is 24.3 Å². The number of nitrogens with zero attached hydrogens (tertiary/aromatic N) is 1. The Kier molecular flexibility index (Phi) is 5.19. The predicted molar refractivity (Wildman–Crippen MR) is 71.0 cm³/mol. The molecule has 1 aromatic carbocycles. The number of nitriles is 1. The second kappa shape index (κ2) is 7.15. The predicted octanol–water partition coefficient (Wildman–Crippen LogP) is 2.46. The van der Waals surface area contributed by atoms with E-state index in [0.717, 1.165) is 49.8 Å². The van der Waals surface area contributed by atoms with Gasteiger partial charge in [0.1, 0.15) is 0 Å². The zero-order valence-corrected chi connectivity index (χ0v) is 10.7. The van der Waals surface area contributed by atoms with Crippen LogP contribution in [0.5, 0.6) is 0 Å². The highest BCUT2D eigenvalue weighted by molar-refractivity contribution is 5.37. The molecular weight excluding hydrogens is 224 g/mol. The van der Waals surface area contributed by atoms with Crippen molar-refractivity contribution in [2.75, 3.05) is 19.8 Å². The van der Waals surface area contributed by atoms with Crippen LogP contribution in [0.1, 0.15) is 30.4 Å². The van der Waals surface area contributed by atoms with E-state index in [9.17, 15) is 0 Å². The molecule has 0 radical (unpaired) electrons. The summed E-state index contributed by atoms with van der Waals surface area (Å²) >= 11 is 0. The van der Waals surface area contributed by atoms with E-state index < -0.39 is 0 Å². The third-order valence-electron chi connectivity index (χ3n) is 3.15. The maximum atomic E-state index is 8.95. The van der Waals surface area contributed by atoms with E-state index >= 15 is 0 Å². The van der Waals surface area contributed by atoms with Crippen molar-refractivity contribution in [1.29, 1.82) is 5.26 Å². The molecule has 18 heavy (non-hydrogen) atoms. The fourth-order valence-electron chi connectivity index (χ4n) is 1.84. The van der Waals surface area contributed by atoms with Crippen LogP contribution in [0, 0.1) is 17.2 Å². The molecule has 0 bridgehead atoms. The Morgan fingerprint density at radius 3 is 2.94 bits per heavy atom. The number of rotatable bonds is 8. The van der Waals surface area contributed by atoms with Crippen LogP contribution in [0.4, 0.5) is 0 Å². The summed E-state index contributed by atoms with van der Waals surface area (Å²) in [6.45, 7) is 3.47. The minimum Gasteiger partial charge on any atom is -0.381 e. The fourth-order valence-corrected chi connectivity index (χ4v) is 1.84. The van der Waals surface area contributed by atoms with E-state index in [1.807, 2.05) is 24.3 Å². The molecule has 0 atom stereocenters. The lowest BCUT2D eigenvalue weighted by Gasteiger charge is -2.07. The van der Waals surface area contributed by atoms with Gasteiger partial charge in [0.25, 0.3) is 0 Å². The number of nitrogens with one attached hydrogen (secondary N) is 1. The van der Waals surface area contributed by atoms with Crippen LogP contribution in [0.3, 0.4) is 0 Å². The van der Waals surface area contributed by atoms with Crippen molar-refractivity contribution in [2.45, 2.75) is 25.8 Å². The minimum absolute atomic E-state index is 0.756. The van der Waals surface area contributed by atoms with Crippen LogP contribution >= 0.6 is 0 Å². The van der Waals surface area contributed by atoms with Gasteiger partial charge in [-0.3, -0.25) is 0 Å². The Bertz CT molecular complexity index is 407. The summed E-state index contributed by atoms with van der Waals surface area (Å²) in [6, 6.07) is 9.93. The molecule has 3 heteroatoms. The van der Waals surface area contributed by atoms with E-state index in [0.29, 0.717) is 0 Å². The first kappa shape index (κ1) is 13.1. The molecular formula is C15H20N2O. The summed E-state index contributed by atoms with van der Waals surface area (Å²) in [6.07, 6.45) is 3.73. The first-order valence-corrected chi connectivity index (χ1v) is 6.66. The second-order valence-electron chi connectivity index (χ2n) is 4.82. The molecule has 0 aliphatic heterocycles. The third-order valence-corrected chi connectivity index (χ3v) is 3.15. The van der Waals surface area contributed by atoms with E-state index in [-0.39, 0.29) is 0 Å². The molecule has 1 fully saturated rings. The smallest absolute Gasteiger partial charge is 0.0995 e. The van der Waals surface area contributed by atoms with Crippen molar-refractivity contribution < 1.29 is 4.74 Å². The maximum absolute atomic E-state index is 8.95. The summed E-state index contributed by atoms with van der Waals surface area (Å²) in [5.74, 6) is 0.848. The van der Waals surface area contributed by atoms with Crippen molar-refractivity contribution in [3.05, 3.63) is 35.4 Å². The second-order valence-corrected chi connectivity index (χ2v) is 4.82. The summed E-state index contributed by atoms with van der Waals surface area (Å²) in [7, 11) is 0. The van der Waals surface area contributed by atoms with Crippen LogP contribution < -0.4 is 5.32 Å². The van der Waals surface area contributed by atoms with E-state index in [4.69, 9.17) is 10.00 Å². The van der Waals surface area contributed by atoms with Gasteiger partial charge in [-0.2, -0.15) is 5.26 Å². The van der Waals surface area contributed by atoms with Gasteiger partial charge in [-0.15, -0.1) is 0 Å². The molecule has 0 saturated heterocycles. The summed E-state index contributed by atoms with van der Waals surface area (Å²) in [5, 5.41) is 12.3. The number of benzene rings is 1. The quantitative estimate of drug-likeness (QED) is 0.714. The van der Waals surface area contributed by atoms with Crippen molar-refractivity contribution in [2.24, 2.45) is 5.92 Å². The zero-order chi connectivity index (χ0) is 12.6. The highest BCUT2D eigenvalue weighted by Gasteiger charge is 2.20. The Morgan fingerprint density at radius 2 is 2.17 bits per heavy atom. The van der Waals surface area contributed by atoms with Crippen LogP contribution in [-0.2, 0) is 11.3 Å². The highest BCUT2D eigenvalue weighted by Crippen LogP contribution is 2.28. The topological polar surface area (TPSA) is 45.0 Å². The van der Waals surface area contributed by atoms with Crippen molar-refractivity contribution in [3.8, 4) is 6.07 Å². The monoisotopic (exact) mass is 244 g/mol. The Balaban J connectivity index is 1.55. The van der Waals surface area contributed by atoms with Gasteiger partial charge in [0.15, 0.2) is 0 Å². The van der Waals surface area contributed by atoms with Gasteiger partial charge in [0.05, 0.1) is 11.6 Å². The van der Waals surface area contributed by atoms with Crippen molar-refractivity contribution in [1.82, 2.24) is 5.32 Å². The average Bonchev–Trinajstić information content (AvgIpc) is 3.22. The number of hydrogen-bond acceptors (Lipinski definition) is 3. The number of hydrogen-bond donors (Lipinski definition) is 1. The van der Waals surface area contributed by atoms with Gasteiger partial charge in [-0.1, -0.05) is 18.2 Å². The Morgan fingerprint density at radius 1 is 1.33 bits per heavy atom. The summed E-state index contributed by atoms with van der Waals surface area (Å²) in [4.78, 5) is 0. The standard InChI is InChI=1S/C15H20N2O/c16-10-14-4-1-2-5-15(14)11-17-8-3-9-18-12-13-6-7-13/h1-2,4-5,13,17H,3,6-9,11-12H2. The normalized spacial score (nSPS) is 14.4. The number of ether oxygens (including phenoxy) is 1. The van der Waals surface area contributed by atoms with Gasteiger partial charge in [-0.05, 0) is 43.4 Å². The molecule has 1 saturated carbocycles. The third kappa shape index (κ3) is 4.48. The molecule has 0 heterocycles. The molecule has 0 aromatic heterocycles. The molecule has 0 amide bonds. The molecule has 0 spiro atoms. The molecule has 1 aromatic rings. The van der Waals surface area contributed by atoms with Gasteiger partial charge >= 0.3 is 0 Å². The first-order chi connectivity index (χ1) is 8.90. The van der Waals surface area contributed by atoms with Crippen LogP contribution in [0.2, 0.25) is 0 Å². The summed E-state index contributed by atoms with van der Waals surface area (Å²) < 4.78 is 5.56. The van der Waals surface area contributed by atoms with Gasteiger partial charge in [-0.25, -0.2) is 0 Å². The van der Waals surface area contributed by atoms with E-state index in [2.05, 4.69) is 11.4 Å². The van der Waals surface area contributed by atoms with Gasteiger partial charge in [0.2, 0.25) is 0 Å². The van der Waals surface area contributed by atoms with Gasteiger partial charge in [0, 0.05) is 19.8 Å². The molecule has 3 nitrogen and oxygen atoms in total. The van der Waals surface area contributed by atoms with Crippen molar-refractivity contribution in [3.63, 3.8) is 0 Å². The van der Waals surface area contributed by atoms with Gasteiger partial charge < -0.3 is 10.1 Å². The maximum Gasteiger partial charge on any atom is 0.0995 e. The average molecular weight is 244 g/mol. The molecule has 96 valence electrons. The lowest BCUT2D eigenvalue weighted by molar-refractivity contribution is 0.122. The van der Waals surface area contributed by atoms with E-state index in [1.165, 1.54) is 12.8 Å². The lowest BCUT2D eigenvalue weighted by atomic mass is 10.1. The van der Waals surface area contributed by atoms with Crippen molar-refractivity contribution >= 4 is 0 Å². The van der Waals surface area contributed by atoms with Crippen LogP contribution in [-0.4, -0.2) is 19.8 Å². The Hall–Kier alpha value is -1.37. The van der Waals surface area contributed by atoms with E-state index in [1.54, 1.807) is 0 Å². The summed E-state index contributed by atoms with van der Waals surface area (Å²) in [5.41, 5.74) is 1.83. The largest absolute Gasteiger partial charge is 0.381 e. The first-order valence-electron chi connectivity index (χ1n) is 6.66. The highest BCUT2D eigenvalue weighted by atomic mass is 16.5. The minimum atomic E-state index is 0.756. The molecule has 1 N–H and O–H groups in total. The molecule has 2 rings (SSSR count). The lowest BCUT2D eigenvalue weighted by Crippen LogP contribution is -2.17. The molecule has 1 aliphatic rings. The Labute approximate surface area is 109 Å². The van der Waals surface area contributed by atoms with Crippen LogP contribution in [0.25, 0.3) is 0 Å². The fraction of sp³-hybridized carbons (Fsp3) is 0.533. The molecule has 0 unspecified atom stereocenters. The SMILES string of the molecule is N#Cc1ccccc1CNCCCOCC1CC1. The molecule has 1 aliphatic carbocycles. The zero-order valence-electron chi connectivity index (χ0n) is 10.7.